The maximum Gasteiger partial charge on any atom is 0.335 e. The van der Waals surface area contributed by atoms with Gasteiger partial charge in [-0.1, -0.05) is 6.07 Å². The van der Waals surface area contributed by atoms with E-state index < -0.39 is 17.8 Å². The molecule has 0 spiro atoms. The van der Waals surface area contributed by atoms with Crippen molar-refractivity contribution in [3.63, 3.8) is 0 Å². The number of alkyl halides is 1. The third-order valence-corrected chi connectivity index (χ3v) is 5.67. The predicted octanol–water partition coefficient (Wildman–Crippen LogP) is 3.35. The molecule has 1 saturated heterocycles. The van der Waals surface area contributed by atoms with Crippen LogP contribution in [0.15, 0.2) is 48.0 Å². The SMILES string of the molecule is COc1ccc(N2C(=O)NC(=O)/C(=C\c3ccc4c(c3)CCN4CCCCl)C2=O)cc1. The molecule has 8 heteroatoms. The molecule has 4 amide bonds. The monoisotopic (exact) mass is 439 g/mol. The molecule has 0 saturated carbocycles. The van der Waals surface area contributed by atoms with Crippen LogP contribution in [-0.2, 0) is 16.0 Å². The van der Waals surface area contributed by atoms with Crippen molar-refractivity contribution in [2.24, 2.45) is 0 Å². The molecule has 0 atom stereocenters. The minimum atomic E-state index is -0.777. The van der Waals surface area contributed by atoms with Gasteiger partial charge in [0.15, 0.2) is 0 Å². The van der Waals surface area contributed by atoms with Crippen molar-refractivity contribution in [3.05, 3.63) is 59.2 Å². The molecule has 0 radical (unpaired) electrons. The molecule has 0 aromatic heterocycles. The Bertz CT molecular complexity index is 1060. The van der Waals surface area contributed by atoms with Crippen LogP contribution in [0.4, 0.5) is 16.2 Å². The van der Waals surface area contributed by atoms with E-state index >= 15 is 0 Å². The van der Waals surface area contributed by atoms with Gasteiger partial charge in [0.1, 0.15) is 11.3 Å². The van der Waals surface area contributed by atoms with Crippen molar-refractivity contribution in [2.45, 2.75) is 12.8 Å². The molecule has 2 aromatic rings. The number of halogens is 1. The second kappa shape index (κ2) is 8.81. The molecule has 1 N–H and O–H groups in total. The predicted molar refractivity (Wildman–Crippen MR) is 120 cm³/mol. The number of rotatable bonds is 6. The number of carbonyl (C=O) groups excluding carboxylic acids is 3. The third kappa shape index (κ3) is 4.14. The molecule has 0 aliphatic carbocycles. The Kier molecular flexibility index (Phi) is 5.95. The van der Waals surface area contributed by atoms with Gasteiger partial charge in [-0.15, -0.1) is 11.6 Å². The van der Waals surface area contributed by atoms with E-state index in [9.17, 15) is 14.4 Å². The van der Waals surface area contributed by atoms with E-state index in [0.29, 0.717) is 17.3 Å². The van der Waals surface area contributed by atoms with Crippen molar-refractivity contribution in [1.82, 2.24) is 5.32 Å². The summed E-state index contributed by atoms with van der Waals surface area (Å²) in [5.41, 5.74) is 3.32. The summed E-state index contributed by atoms with van der Waals surface area (Å²) in [7, 11) is 1.53. The van der Waals surface area contributed by atoms with Crippen LogP contribution in [-0.4, -0.2) is 43.9 Å². The number of barbiturate groups is 1. The topological polar surface area (TPSA) is 79.0 Å². The van der Waals surface area contributed by atoms with E-state index in [4.69, 9.17) is 16.3 Å². The number of amides is 4. The lowest BCUT2D eigenvalue weighted by atomic mass is 10.0. The Hall–Kier alpha value is -3.32. The lowest BCUT2D eigenvalue weighted by Crippen LogP contribution is -2.54. The van der Waals surface area contributed by atoms with Gasteiger partial charge in [-0.25, -0.2) is 9.69 Å². The van der Waals surface area contributed by atoms with E-state index in [0.717, 1.165) is 47.6 Å². The Balaban J connectivity index is 1.61. The van der Waals surface area contributed by atoms with Crippen molar-refractivity contribution in [3.8, 4) is 5.75 Å². The minimum Gasteiger partial charge on any atom is -0.497 e. The number of ether oxygens (including phenoxy) is 1. The maximum absolute atomic E-state index is 13.0. The van der Waals surface area contributed by atoms with Gasteiger partial charge in [-0.2, -0.15) is 0 Å². The summed E-state index contributed by atoms with van der Waals surface area (Å²) in [5, 5.41) is 2.25. The number of hydrogen-bond acceptors (Lipinski definition) is 5. The smallest absolute Gasteiger partial charge is 0.335 e. The molecule has 2 aliphatic rings. The molecule has 160 valence electrons. The highest BCUT2D eigenvalue weighted by atomic mass is 35.5. The highest BCUT2D eigenvalue weighted by molar-refractivity contribution is 6.39. The lowest BCUT2D eigenvalue weighted by molar-refractivity contribution is -0.122. The van der Waals surface area contributed by atoms with Crippen LogP contribution in [0.5, 0.6) is 5.75 Å². The fraction of sp³-hybridized carbons (Fsp3) is 0.261. The number of nitrogens with zero attached hydrogens (tertiary/aromatic N) is 2. The quantitative estimate of drug-likeness (QED) is 0.424. The van der Waals surface area contributed by atoms with Crippen LogP contribution < -0.4 is 19.9 Å². The van der Waals surface area contributed by atoms with Crippen molar-refractivity contribution >= 4 is 46.9 Å². The van der Waals surface area contributed by atoms with Crippen LogP contribution in [0.2, 0.25) is 0 Å². The Labute approximate surface area is 185 Å². The number of imide groups is 2. The average Bonchev–Trinajstić information content (AvgIpc) is 3.17. The summed E-state index contributed by atoms with van der Waals surface area (Å²) in [6, 6.07) is 11.6. The highest BCUT2D eigenvalue weighted by Crippen LogP contribution is 2.30. The van der Waals surface area contributed by atoms with Crippen molar-refractivity contribution < 1.29 is 19.1 Å². The summed E-state index contributed by atoms with van der Waals surface area (Å²) in [5.74, 6) is -0.151. The van der Waals surface area contributed by atoms with Crippen molar-refractivity contribution in [1.29, 1.82) is 0 Å². The molecule has 31 heavy (non-hydrogen) atoms. The minimum absolute atomic E-state index is 0.0904. The number of benzene rings is 2. The van der Waals surface area contributed by atoms with Crippen LogP contribution in [0.3, 0.4) is 0 Å². The van der Waals surface area contributed by atoms with Crippen LogP contribution in [0.1, 0.15) is 17.5 Å². The number of methoxy groups -OCH3 is 1. The number of hydrogen-bond donors (Lipinski definition) is 1. The van der Waals surface area contributed by atoms with Gasteiger partial charge in [-0.05, 0) is 66.4 Å². The zero-order valence-electron chi connectivity index (χ0n) is 17.1. The van der Waals surface area contributed by atoms with Gasteiger partial charge >= 0.3 is 6.03 Å². The lowest BCUT2D eigenvalue weighted by Gasteiger charge is -2.26. The molecule has 2 heterocycles. The number of fused-ring (bicyclic) bond motifs is 1. The standard InChI is InChI=1S/C23H22ClN3O4/c1-31-18-6-4-17(5-7-18)27-22(29)19(21(28)25-23(27)30)14-15-3-8-20-16(13-15)9-12-26(20)11-2-10-24/h3-8,13-14H,2,9-12H2,1H3,(H,25,28,30)/b19-14+. The molecule has 2 aliphatic heterocycles. The molecule has 0 bridgehead atoms. The molecule has 1 fully saturated rings. The summed E-state index contributed by atoms with van der Waals surface area (Å²) >= 11 is 5.81. The van der Waals surface area contributed by atoms with Crippen LogP contribution >= 0.6 is 11.6 Å². The maximum atomic E-state index is 13.0. The van der Waals surface area contributed by atoms with Gasteiger partial charge in [-0.3, -0.25) is 14.9 Å². The second-order valence-electron chi connectivity index (χ2n) is 7.32. The van der Waals surface area contributed by atoms with E-state index in [2.05, 4.69) is 10.2 Å². The van der Waals surface area contributed by atoms with Gasteiger partial charge in [0, 0.05) is 24.7 Å². The summed E-state index contributed by atoms with van der Waals surface area (Å²) < 4.78 is 5.11. The Morgan fingerprint density at radius 1 is 1.13 bits per heavy atom. The first-order valence-corrected chi connectivity index (χ1v) is 10.5. The largest absolute Gasteiger partial charge is 0.497 e. The summed E-state index contributed by atoms with van der Waals surface area (Å²) in [6.45, 7) is 1.82. The van der Waals surface area contributed by atoms with Gasteiger partial charge < -0.3 is 9.64 Å². The Morgan fingerprint density at radius 2 is 1.90 bits per heavy atom. The average molecular weight is 440 g/mol. The molecular formula is C23H22ClN3O4. The summed E-state index contributed by atoms with van der Waals surface area (Å²) in [6.07, 6.45) is 3.34. The fourth-order valence-corrected chi connectivity index (χ4v) is 3.97. The molecule has 0 unspecified atom stereocenters. The van der Waals surface area contributed by atoms with Crippen molar-refractivity contribution in [2.75, 3.05) is 35.9 Å². The highest BCUT2D eigenvalue weighted by Gasteiger charge is 2.36. The van der Waals surface area contributed by atoms with E-state index in [1.54, 1.807) is 24.3 Å². The van der Waals surface area contributed by atoms with Gasteiger partial charge in [0.05, 0.1) is 12.8 Å². The number of urea groups is 1. The fourth-order valence-electron chi connectivity index (χ4n) is 3.85. The molecule has 4 rings (SSSR count). The second-order valence-corrected chi connectivity index (χ2v) is 7.70. The molecule has 7 nitrogen and oxygen atoms in total. The van der Waals surface area contributed by atoms with E-state index in [-0.39, 0.29) is 5.57 Å². The zero-order chi connectivity index (χ0) is 22.0. The molecular weight excluding hydrogens is 418 g/mol. The molecule has 2 aromatic carbocycles. The third-order valence-electron chi connectivity index (χ3n) is 5.40. The number of anilines is 2. The Morgan fingerprint density at radius 3 is 2.61 bits per heavy atom. The summed E-state index contributed by atoms with van der Waals surface area (Å²) in [4.78, 5) is 41.0. The number of carbonyl (C=O) groups is 3. The van der Waals surface area contributed by atoms with Crippen LogP contribution in [0.25, 0.3) is 6.08 Å². The number of nitrogens with one attached hydrogen (secondary N) is 1. The van der Waals surface area contributed by atoms with Gasteiger partial charge in [0.25, 0.3) is 11.8 Å². The van der Waals surface area contributed by atoms with E-state index in [1.165, 1.54) is 13.2 Å². The first kappa shape index (κ1) is 20.9. The normalized spacial score (nSPS) is 17.2. The van der Waals surface area contributed by atoms with Crippen LogP contribution in [0, 0.1) is 0 Å². The first-order chi connectivity index (χ1) is 15.0. The zero-order valence-corrected chi connectivity index (χ0v) is 17.8. The first-order valence-electron chi connectivity index (χ1n) is 10.0. The van der Waals surface area contributed by atoms with E-state index in [1.807, 2.05) is 18.2 Å². The van der Waals surface area contributed by atoms with Gasteiger partial charge in [0.2, 0.25) is 0 Å².